The van der Waals surface area contributed by atoms with Gasteiger partial charge in [-0.1, -0.05) is 0 Å². The van der Waals surface area contributed by atoms with Crippen LogP contribution in [0.1, 0.15) is 19.3 Å². The Morgan fingerprint density at radius 1 is 1.53 bits per heavy atom. The largest absolute Gasteiger partial charge is 0.481 e. The van der Waals surface area contributed by atoms with Crippen molar-refractivity contribution >= 4 is 5.82 Å². The molecule has 15 heavy (non-hydrogen) atoms. The predicted octanol–water partition coefficient (Wildman–Crippen LogP) is 0.812. The average Bonchev–Trinajstić information content (AvgIpc) is 2.24. The Labute approximate surface area is 88.5 Å². The Hall–Kier alpha value is -1.36. The van der Waals surface area contributed by atoms with Crippen LogP contribution >= 0.6 is 0 Å². The van der Waals surface area contributed by atoms with Crippen LogP contribution in [0.4, 0.5) is 5.82 Å². The van der Waals surface area contributed by atoms with E-state index in [0.29, 0.717) is 18.2 Å². The molecular weight excluding hydrogens is 194 g/mol. The molecule has 0 aliphatic heterocycles. The summed E-state index contributed by atoms with van der Waals surface area (Å²) in [4.78, 5) is 7.94. The van der Waals surface area contributed by atoms with Crippen LogP contribution in [0.15, 0.2) is 12.4 Å². The Bertz CT molecular complexity index is 339. The van der Waals surface area contributed by atoms with Crippen LogP contribution in [0.3, 0.4) is 0 Å². The van der Waals surface area contributed by atoms with E-state index in [2.05, 4.69) is 15.3 Å². The van der Waals surface area contributed by atoms with Crippen LogP contribution in [0, 0.1) is 0 Å². The van der Waals surface area contributed by atoms with Gasteiger partial charge >= 0.3 is 0 Å². The molecule has 0 saturated heterocycles. The van der Waals surface area contributed by atoms with Gasteiger partial charge in [0.15, 0.2) is 0 Å². The zero-order valence-electron chi connectivity index (χ0n) is 8.73. The SMILES string of the molecule is COc1cc(NCC2(O)CCC2)ncn1. The van der Waals surface area contributed by atoms with E-state index in [1.165, 1.54) is 6.33 Å². The Balaban J connectivity index is 1.92. The van der Waals surface area contributed by atoms with Gasteiger partial charge in [0.25, 0.3) is 0 Å². The molecule has 1 aliphatic carbocycles. The number of hydrogen-bond donors (Lipinski definition) is 2. The van der Waals surface area contributed by atoms with Gasteiger partial charge in [-0.25, -0.2) is 9.97 Å². The fraction of sp³-hybridized carbons (Fsp3) is 0.600. The molecule has 0 unspecified atom stereocenters. The molecule has 5 nitrogen and oxygen atoms in total. The van der Waals surface area contributed by atoms with Gasteiger partial charge in [-0.15, -0.1) is 0 Å². The number of nitrogens with one attached hydrogen (secondary N) is 1. The van der Waals surface area contributed by atoms with Gasteiger partial charge in [-0.2, -0.15) is 0 Å². The first-order chi connectivity index (χ1) is 7.22. The Kier molecular flexibility index (Phi) is 2.73. The van der Waals surface area contributed by atoms with E-state index >= 15 is 0 Å². The van der Waals surface area contributed by atoms with Gasteiger partial charge in [-0.05, 0) is 19.3 Å². The third-order valence-electron chi connectivity index (χ3n) is 2.73. The number of hydrogen-bond acceptors (Lipinski definition) is 5. The molecule has 0 atom stereocenters. The van der Waals surface area contributed by atoms with Crippen LogP contribution in [-0.4, -0.2) is 34.3 Å². The number of aliphatic hydroxyl groups is 1. The molecule has 2 N–H and O–H groups in total. The molecule has 0 aromatic carbocycles. The Morgan fingerprint density at radius 2 is 2.33 bits per heavy atom. The van der Waals surface area contributed by atoms with Crippen LogP contribution in [-0.2, 0) is 0 Å². The van der Waals surface area contributed by atoms with Crippen molar-refractivity contribution in [2.24, 2.45) is 0 Å². The summed E-state index contributed by atoms with van der Waals surface area (Å²) in [5.74, 6) is 1.20. The minimum Gasteiger partial charge on any atom is -0.481 e. The van der Waals surface area contributed by atoms with Gasteiger partial charge in [0.2, 0.25) is 5.88 Å². The van der Waals surface area contributed by atoms with Crippen molar-refractivity contribution in [3.05, 3.63) is 12.4 Å². The maximum atomic E-state index is 9.86. The highest BCUT2D eigenvalue weighted by Gasteiger charge is 2.33. The third-order valence-corrected chi connectivity index (χ3v) is 2.73. The maximum Gasteiger partial charge on any atom is 0.218 e. The van der Waals surface area contributed by atoms with E-state index in [4.69, 9.17) is 4.74 Å². The number of methoxy groups -OCH3 is 1. The first-order valence-corrected chi connectivity index (χ1v) is 5.04. The summed E-state index contributed by atoms with van der Waals surface area (Å²) >= 11 is 0. The zero-order valence-corrected chi connectivity index (χ0v) is 8.73. The molecule has 0 amide bonds. The molecule has 5 heteroatoms. The van der Waals surface area contributed by atoms with Crippen molar-refractivity contribution in [3.8, 4) is 5.88 Å². The summed E-state index contributed by atoms with van der Waals surface area (Å²) in [6.07, 6.45) is 4.27. The summed E-state index contributed by atoms with van der Waals surface area (Å²) in [5, 5.41) is 12.9. The maximum absolute atomic E-state index is 9.86. The van der Waals surface area contributed by atoms with Crippen molar-refractivity contribution in [2.75, 3.05) is 19.0 Å². The highest BCUT2D eigenvalue weighted by atomic mass is 16.5. The molecule has 82 valence electrons. The number of anilines is 1. The lowest BCUT2D eigenvalue weighted by molar-refractivity contribution is -0.0202. The van der Waals surface area contributed by atoms with Gasteiger partial charge in [0.05, 0.1) is 12.7 Å². The van der Waals surface area contributed by atoms with Crippen molar-refractivity contribution in [1.82, 2.24) is 9.97 Å². The molecule has 0 spiro atoms. The number of nitrogens with zero attached hydrogens (tertiary/aromatic N) is 2. The molecule has 1 aromatic rings. The fourth-order valence-corrected chi connectivity index (χ4v) is 1.56. The fourth-order valence-electron chi connectivity index (χ4n) is 1.56. The smallest absolute Gasteiger partial charge is 0.218 e. The Morgan fingerprint density at radius 3 is 2.93 bits per heavy atom. The van der Waals surface area contributed by atoms with Gasteiger partial charge in [0.1, 0.15) is 12.1 Å². The molecule has 1 heterocycles. The molecule has 1 fully saturated rings. The van der Waals surface area contributed by atoms with Crippen molar-refractivity contribution in [1.29, 1.82) is 0 Å². The lowest BCUT2D eigenvalue weighted by Gasteiger charge is -2.36. The summed E-state index contributed by atoms with van der Waals surface area (Å²) in [6.45, 7) is 0.535. The van der Waals surface area contributed by atoms with Crippen molar-refractivity contribution < 1.29 is 9.84 Å². The first kappa shape index (κ1) is 10.2. The summed E-state index contributed by atoms with van der Waals surface area (Å²) in [5.41, 5.74) is -0.543. The predicted molar refractivity (Wildman–Crippen MR) is 55.9 cm³/mol. The minimum atomic E-state index is -0.543. The van der Waals surface area contributed by atoms with E-state index in [1.807, 2.05) is 0 Å². The summed E-state index contributed by atoms with van der Waals surface area (Å²) in [6, 6.07) is 1.71. The second-order valence-corrected chi connectivity index (χ2v) is 3.88. The lowest BCUT2D eigenvalue weighted by atomic mass is 9.80. The number of rotatable bonds is 4. The van der Waals surface area contributed by atoms with Crippen LogP contribution in [0.25, 0.3) is 0 Å². The molecule has 2 rings (SSSR count). The first-order valence-electron chi connectivity index (χ1n) is 5.04. The summed E-state index contributed by atoms with van der Waals surface area (Å²) in [7, 11) is 1.56. The highest BCUT2D eigenvalue weighted by Crippen LogP contribution is 2.31. The normalized spacial score (nSPS) is 18.0. The van der Waals surface area contributed by atoms with Gasteiger partial charge in [0, 0.05) is 12.6 Å². The van der Waals surface area contributed by atoms with Crippen LogP contribution < -0.4 is 10.1 Å². The standard InChI is InChI=1S/C10H15N3O2/c1-15-9-5-8(12-7-13-9)11-6-10(14)3-2-4-10/h5,7,14H,2-4,6H2,1H3,(H,11,12,13). The molecular formula is C10H15N3O2. The zero-order chi connectivity index (χ0) is 10.7. The quantitative estimate of drug-likeness (QED) is 0.768. The topological polar surface area (TPSA) is 67.3 Å². The van der Waals surface area contributed by atoms with E-state index in [-0.39, 0.29) is 0 Å². The van der Waals surface area contributed by atoms with Crippen LogP contribution in [0.5, 0.6) is 5.88 Å². The molecule has 1 saturated carbocycles. The highest BCUT2D eigenvalue weighted by molar-refractivity contribution is 5.37. The van der Waals surface area contributed by atoms with Gasteiger partial charge < -0.3 is 15.2 Å². The molecule has 1 aromatic heterocycles. The van der Waals surface area contributed by atoms with Crippen LogP contribution in [0.2, 0.25) is 0 Å². The van der Waals surface area contributed by atoms with E-state index in [9.17, 15) is 5.11 Å². The monoisotopic (exact) mass is 209 g/mol. The molecule has 0 bridgehead atoms. The van der Waals surface area contributed by atoms with Gasteiger partial charge in [-0.3, -0.25) is 0 Å². The number of aromatic nitrogens is 2. The van der Waals surface area contributed by atoms with E-state index in [1.54, 1.807) is 13.2 Å². The van der Waals surface area contributed by atoms with Crippen molar-refractivity contribution in [3.63, 3.8) is 0 Å². The molecule has 1 aliphatic rings. The molecule has 0 radical (unpaired) electrons. The second-order valence-electron chi connectivity index (χ2n) is 3.88. The summed E-state index contributed by atoms with van der Waals surface area (Å²) < 4.78 is 4.97. The lowest BCUT2D eigenvalue weighted by Crippen LogP contribution is -2.43. The third kappa shape index (κ3) is 2.36. The van der Waals surface area contributed by atoms with E-state index in [0.717, 1.165) is 19.3 Å². The van der Waals surface area contributed by atoms with E-state index < -0.39 is 5.60 Å². The second kappa shape index (κ2) is 4.02. The number of ether oxygens (including phenoxy) is 1. The van der Waals surface area contributed by atoms with Crippen molar-refractivity contribution in [2.45, 2.75) is 24.9 Å². The minimum absolute atomic E-state index is 0.521. The average molecular weight is 209 g/mol.